The molecule has 2 fully saturated rings. The summed E-state index contributed by atoms with van der Waals surface area (Å²) in [6.07, 6.45) is -1.38. The van der Waals surface area contributed by atoms with E-state index in [9.17, 15) is 27.6 Å². The summed E-state index contributed by atoms with van der Waals surface area (Å²) in [6.45, 7) is 8.70. The van der Waals surface area contributed by atoms with E-state index < -0.39 is 53.3 Å². The molecule has 0 spiro atoms. The van der Waals surface area contributed by atoms with Crippen molar-refractivity contribution in [2.75, 3.05) is 6.54 Å². The zero-order chi connectivity index (χ0) is 31.3. The minimum Gasteiger partial charge on any atom is -0.471 e. The van der Waals surface area contributed by atoms with Gasteiger partial charge in [0.15, 0.2) is 5.78 Å². The van der Waals surface area contributed by atoms with Crippen LogP contribution in [-0.4, -0.2) is 63.5 Å². The van der Waals surface area contributed by atoms with Gasteiger partial charge in [0.1, 0.15) is 23.9 Å². The van der Waals surface area contributed by atoms with Gasteiger partial charge in [0, 0.05) is 5.92 Å². The van der Waals surface area contributed by atoms with E-state index in [0.717, 1.165) is 44.2 Å². The Morgan fingerprint density at radius 1 is 1.02 bits per heavy atom. The van der Waals surface area contributed by atoms with E-state index in [1.54, 1.807) is 6.92 Å². The molecule has 1 aromatic heterocycles. The third kappa shape index (κ3) is 6.72. The Balaban J connectivity index is 1.53. The highest BCUT2D eigenvalue weighted by atomic mass is 19.4. The monoisotopic (exact) mass is 604 g/mol. The minimum atomic E-state index is -4.54. The topological polar surface area (TPSA) is 111 Å². The lowest BCUT2D eigenvalue weighted by Crippen LogP contribution is -2.57. The van der Waals surface area contributed by atoms with Crippen LogP contribution in [-0.2, 0) is 26.9 Å². The second kappa shape index (κ2) is 11.6. The van der Waals surface area contributed by atoms with Crippen LogP contribution in [0.1, 0.15) is 78.0 Å². The van der Waals surface area contributed by atoms with E-state index in [2.05, 4.69) is 15.3 Å². The molecule has 1 N–H and O–H groups in total. The van der Waals surface area contributed by atoms with E-state index in [1.807, 2.05) is 20.8 Å². The van der Waals surface area contributed by atoms with Crippen LogP contribution in [0.5, 0.6) is 5.88 Å². The van der Waals surface area contributed by atoms with Crippen LogP contribution in [0.2, 0.25) is 0 Å². The molecule has 2 aliphatic heterocycles. The van der Waals surface area contributed by atoms with Crippen molar-refractivity contribution in [3.05, 3.63) is 29.5 Å². The van der Waals surface area contributed by atoms with Crippen LogP contribution in [0.15, 0.2) is 18.2 Å². The minimum absolute atomic E-state index is 0.0278. The molecule has 5 rings (SSSR count). The molecule has 9 nitrogen and oxygen atoms in total. The summed E-state index contributed by atoms with van der Waals surface area (Å²) in [5.41, 5.74) is -0.631. The molecule has 2 bridgehead atoms. The average Bonchev–Trinajstić information content (AvgIpc) is 3.55. The van der Waals surface area contributed by atoms with Gasteiger partial charge in [-0.25, -0.2) is 14.8 Å². The van der Waals surface area contributed by atoms with Gasteiger partial charge < -0.3 is 19.7 Å². The number of amides is 2. The Bertz CT molecular complexity index is 1410. The fraction of sp³-hybridized carbons (Fsp3) is 0.645. The number of alkyl halides is 3. The van der Waals surface area contributed by atoms with Gasteiger partial charge in [-0.05, 0) is 62.1 Å². The van der Waals surface area contributed by atoms with Gasteiger partial charge in [-0.1, -0.05) is 40.5 Å². The Labute approximate surface area is 248 Å². The van der Waals surface area contributed by atoms with Gasteiger partial charge in [-0.15, -0.1) is 0 Å². The molecule has 234 valence electrons. The fourth-order valence-corrected chi connectivity index (χ4v) is 6.22. The number of halogens is 3. The Kier molecular flexibility index (Phi) is 8.34. The number of benzene rings is 1. The number of hydrogen-bond acceptors (Lipinski definition) is 7. The number of aryl methyl sites for hydroxylation is 1. The predicted molar refractivity (Wildman–Crippen MR) is 151 cm³/mol. The molecule has 2 aromatic rings. The van der Waals surface area contributed by atoms with Crippen molar-refractivity contribution >= 4 is 28.8 Å². The summed E-state index contributed by atoms with van der Waals surface area (Å²) in [6, 6.07) is 1.46. The Morgan fingerprint density at radius 3 is 2.44 bits per heavy atom. The molecule has 3 heterocycles. The normalized spacial score (nSPS) is 29.0. The smallest absolute Gasteiger partial charge is 0.416 e. The molecular weight excluding hydrogens is 565 g/mol. The predicted octanol–water partition coefficient (Wildman–Crippen LogP) is 5.48. The zero-order valence-electron chi connectivity index (χ0n) is 25.2. The second-order valence-electron chi connectivity index (χ2n) is 13.2. The summed E-state index contributed by atoms with van der Waals surface area (Å²) < 4.78 is 52.4. The summed E-state index contributed by atoms with van der Waals surface area (Å²) in [5, 5.41) is 2.76. The van der Waals surface area contributed by atoms with Gasteiger partial charge in [0.05, 0.1) is 29.2 Å². The lowest BCUT2D eigenvalue weighted by Gasteiger charge is -2.35. The van der Waals surface area contributed by atoms with Crippen molar-refractivity contribution in [2.24, 2.45) is 17.3 Å². The van der Waals surface area contributed by atoms with Crippen LogP contribution in [0, 0.1) is 17.3 Å². The number of rotatable bonds is 1. The van der Waals surface area contributed by atoms with Gasteiger partial charge in [0.25, 0.3) is 0 Å². The standard InChI is InChI=1S/C31H39F3N4O5/c1-16-24-15-38(25(16)17(2)39)28(40)26(30(3,4)5)37-29(41)43-23-13-18(23)9-7-6-8-10-21-27(42-24)36-22-14-19(31(32,33)34)11-12-20(22)35-21/h11-12,14,16,18,23-26H,6-10,13,15H2,1-5H3,(H,37,41)/t16-,18-,23-,24+,25+,26-/m1/s1. The van der Waals surface area contributed by atoms with Crippen molar-refractivity contribution in [1.82, 2.24) is 20.2 Å². The highest BCUT2D eigenvalue weighted by molar-refractivity contribution is 5.92. The van der Waals surface area contributed by atoms with E-state index in [0.29, 0.717) is 17.6 Å². The molecule has 2 amide bonds. The van der Waals surface area contributed by atoms with Gasteiger partial charge in [0.2, 0.25) is 11.8 Å². The van der Waals surface area contributed by atoms with E-state index >= 15 is 0 Å². The maximum atomic E-state index is 14.0. The van der Waals surface area contributed by atoms with Crippen molar-refractivity contribution < 1.29 is 37.0 Å². The molecule has 1 aliphatic carbocycles. The van der Waals surface area contributed by atoms with Gasteiger partial charge in [-0.3, -0.25) is 9.59 Å². The average molecular weight is 605 g/mol. The van der Waals surface area contributed by atoms with Crippen molar-refractivity contribution in [3.63, 3.8) is 0 Å². The molecule has 43 heavy (non-hydrogen) atoms. The molecular formula is C31H39F3N4O5. The summed E-state index contributed by atoms with van der Waals surface area (Å²) in [4.78, 5) is 50.3. The largest absolute Gasteiger partial charge is 0.471 e. The number of carbonyl (C=O) groups excluding carboxylic acids is 3. The number of nitrogens with one attached hydrogen (secondary N) is 1. The molecule has 1 saturated carbocycles. The number of ketones is 1. The first-order valence-electron chi connectivity index (χ1n) is 15.0. The van der Waals surface area contributed by atoms with Crippen LogP contribution in [0.3, 0.4) is 0 Å². The number of aromatic nitrogens is 2. The molecule has 1 saturated heterocycles. The number of Topliss-reactive ketones (excluding diaryl/α,β-unsaturated/α-hetero) is 1. The second-order valence-corrected chi connectivity index (χ2v) is 13.2. The van der Waals surface area contributed by atoms with Crippen LogP contribution in [0.25, 0.3) is 11.0 Å². The van der Waals surface area contributed by atoms with Crippen LogP contribution < -0.4 is 10.1 Å². The third-order valence-electron chi connectivity index (χ3n) is 8.77. The number of hydrogen-bond donors (Lipinski definition) is 1. The van der Waals surface area contributed by atoms with E-state index in [4.69, 9.17) is 9.47 Å². The summed E-state index contributed by atoms with van der Waals surface area (Å²) >= 11 is 0. The van der Waals surface area contributed by atoms with Crippen molar-refractivity contribution in [1.29, 1.82) is 0 Å². The van der Waals surface area contributed by atoms with Crippen molar-refractivity contribution in [3.8, 4) is 5.88 Å². The molecule has 0 unspecified atom stereocenters. The lowest BCUT2D eigenvalue weighted by atomic mass is 9.85. The molecule has 6 atom stereocenters. The van der Waals surface area contributed by atoms with Gasteiger partial charge in [-0.2, -0.15) is 13.2 Å². The van der Waals surface area contributed by atoms with E-state index in [1.165, 1.54) is 17.9 Å². The highest BCUT2D eigenvalue weighted by Gasteiger charge is 2.49. The quantitative estimate of drug-likeness (QED) is 0.459. The van der Waals surface area contributed by atoms with Gasteiger partial charge >= 0.3 is 12.3 Å². The van der Waals surface area contributed by atoms with E-state index in [-0.39, 0.29) is 35.7 Å². The molecule has 0 radical (unpaired) electrons. The number of ether oxygens (including phenoxy) is 2. The number of alkyl carbamates (subject to hydrolysis) is 1. The Morgan fingerprint density at radius 2 is 1.77 bits per heavy atom. The third-order valence-corrected chi connectivity index (χ3v) is 8.77. The van der Waals surface area contributed by atoms with Crippen molar-refractivity contribution in [2.45, 2.75) is 104 Å². The zero-order valence-corrected chi connectivity index (χ0v) is 25.2. The number of nitrogens with zero attached hydrogens (tertiary/aromatic N) is 3. The number of carbonyl (C=O) groups is 3. The number of fused-ring (bicyclic) bond motifs is 5. The first-order chi connectivity index (χ1) is 20.1. The maximum absolute atomic E-state index is 14.0. The van der Waals surface area contributed by atoms with Crippen LogP contribution >= 0.6 is 0 Å². The first-order valence-corrected chi connectivity index (χ1v) is 15.0. The lowest BCUT2D eigenvalue weighted by molar-refractivity contribution is -0.141. The summed E-state index contributed by atoms with van der Waals surface area (Å²) in [7, 11) is 0. The molecule has 1 aromatic carbocycles. The molecule has 3 aliphatic rings. The SMILES string of the molecule is CC(=O)[C@@H]1[C@H](C)[C@@H]2CN1C(=O)[C@H](C(C)(C)C)NC(=O)O[C@@H]1C[C@H]1CCCCCc1nc3ccc(C(F)(F)F)cc3nc1O2. The summed E-state index contributed by atoms with van der Waals surface area (Å²) in [5.74, 6) is -0.768. The maximum Gasteiger partial charge on any atom is 0.416 e. The van der Waals surface area contributed by atoms with Crippen LogP contribution in [0.4, 0.5) is 18.0 Å². The Hall–Kier alpha value is -3.44. The first kappa shape index (κ1) is 31.0. The fourth-order valence-electron chi connectivity index (χ4n) is 6.22. The highest BCUT2D eigenvalue weighted by Crippen LogP contribution is 2.39. The molecule has 12 heteroatoms.